The molecule has 10 heavy (non-hydrogen) atoms. The van der Waals surface area contributed by atoms with E-state index in [0.29, 0.717) is 5.25 Å². The summed E-state index contributed by atoms with van der Waals surface area (Å²) in [7, 11) is -0.593. The fourth-order valence-corrected chi connectivity index (χ4v) is 2.36. The van der Waals surface area contributed by atoms with Crippen LogP contribution < -0.4 is 0 Å². The number of hydrogen-bond acceptors (Lipinski definition) is 2. The maximum absolute atomic E-state index is 11.2. The first kappa shape index (κ1) is 8.21. The smallest absolute Gasteiger partial charge is 0.0477 e. The molecular formula is C7H14O2S. The van der Waals surface area contributed by atoms with E-state index < -0.39 is 10.8 Å². The van der Waals surface area contributed by atoms with E-state index >= 15 is 0 Å². The lowest BCUT2D eigenvalue weighted by atomic mass is 10.2. The average molecular weight is 162 g/mol. The van der Waals surface area contributed by atoms with E-state index in [-0.39, 0.29) is 0 Å². The minimum Gasteiger partial charge on any atom is -0.381 e. The molecule has 0 aromatic heterocycles. The third-order valence-electron chi connectivity index (χ3n) is 1.82. The molecular weight excluding hydrogens is 148 g/mol. The highest BCUT2D eigenvalue weighted by molar-refractivity contribution is 7.85. The lowest BCUT2D eigenvalue weighted by molar-refractivity contribution is 0.0992. The highest BCUT2D eigenvalue weighted by Gasteiger charge is 2.18. The Labute approximate surface area is 64.4 Å². The van der Waals surface area contributed by atoms with E-state index in [1.165, 1.54) is 0 Å². The Morgan fingerprint density at radius 3 is 2.60 bits per heavy atom. The molecule has 1 heterocycles. The summed E-state index contributed by atoms with van der Waals surface area (Å²) in [6.07, 6.45) is 1.97. The number of hydrogen-bond donors (Lipinski definition) is 0. The van der Waals surface area contributed by atoms with E-state index in [2.05, 4.69) is 0 Å². The van der Waals surface area contributed by atoms with Crippen LogP contribution in [-0.2, 0) is 15.5 Å². The molecule has 1 fully saturated rings. The van der Waals surface area contributed by atoms with Crippen LogP contribution in [0.2, 0.25) is 0 Å². The predicted molar refractivity (Wildman–Crippen MR) is 42.5 cm³/mol. The van der Waals surface area contributed by atoms with E-state index in [1.54, 1.807) is 0 Å². The zero-order valence-electron chi connectivity index (χ0n) is 6.34. The quantitative estimate of drug-likeness (QED) is 0.604. The lowest BCUT2D eigenvalue weighted by Crippen LogP contribution is -2.25. The Balaban J connectivity index is 2.31. The first-order chi connectivity index (χ1) is 4.84. The van der Waals surface area contributed by atoms with Gasteiger partial charge in [-0.25, -0.2) is 0 Å². The summed E-state index contributed by atoms with van der Waals surface area (Å²) in [5.74, 6) is 0.796. The molecule has 1 saturated heterocycles. The third-order valence-corrected chi connectivity index (χ3v) is 3.61. The highest BCUT2D eigenvalue weighted by atomic mass is 32.2. The topological polar surface area (TPSA) is 26.3 Å². The SMILES string of the molecule is CCS(=O)C1CCOCC1. The van der Waals surface area contributed by atoms with Gasteiger partial charge >= 0.3 is 0 Å². The summed E-state index contributed by atoms with van der Waals surface area (Å²) in [6, 6.07) is 0. The molecule has 0 spiro atoms. The molecule has 0 aromatic rings. The number of ether oxygens (including phenoxy) is 1. The molecule has 2 nitrogen and oxygen atoms in total. The van der Waals surface area contributed by atoms with Gasteiger partial charge in [0.2, 0.25) is 0 Å². The second-order valence-corrected chi connectivity index (χ2v) is 4.49. The predicted octanol–water partition coefficient (Wildman–Crippen LogP) is 0.934. The van der Waals surface area contributed by atoms with Crippen molar-refractivity contribution in [1.29, 1.82) is 0 Å². The van der Waals surface area contributed by atoms with Crippen LogP contribution >= 0.6 is 0 Å². The molecule has 1 aliphatic rings. The first-order valence-electron chi connectivity index (χ1n) is 3.79. The largest absolute Gasteiger partial charge is 0.381 e. The van der Waals surface area contributed by atoms with E-state index in [4.69, 9.17) is 4.74 Å². The van der Waals surface area contributed by atoms with Crippen LogP contribution in [0.5, 0.6) is 0 Å². The Morgan fingerprint density at radius 2 is 2.10 bits per heavy atom. The highest BCUT2D eigenvalue weighted by Crippen LogP contribution is 2.12. The van der Waals surface area contributed by atoms with Crippen molar-refractivity contribution in [2.24, 2.45) is 0 Å². The van der Waals surface area contributed by atoms with Gasteiger partial charge in [-0.15, -0.1) is 0 Å². The molecule has 1 aliphatic heterocycles. The van der Waals surface area contributed by atoms with Gasteiger partial charge in [-0.05, 0) is 12.8 Å². The van der Waals surface area contributed by atoms with Gasteiger partial charge in [-0.1, -0.05) is 6.92 Å². The molecule has 0 aliphatic carbocycles. The fourth-order valence-electron chi connectivity index (χ4n) is 1.17. The maximum Gasteiger partial charge on any atom is 0.0477 e. The van der Waals surface area contributed by atoms with Gasteiger partial charge in [0.25, 0.3) is 0 Å². The van der Waals surface area contributed by atoms with Crippen molar-refractivity contribution in [2.75, 3.05) is 19.0 Å². The number of rotatable bonds is 2. The fraction of sp³-hybridized carbons (Fsp3) is 1.00. The van der Waals surface area contributed by atoms with Crippen molar-refractivity contribution in [1.82, 2.24) is 0 Å². The van der Waals surface area contributed by atoms with Crippen molar-refractivity contribution in [3.63, 3.8) is 0 Å². The molecule has 1 rings (SSSR count). The normalized spacial score (nSPS) is 24.5. The lowest BCUT2D eigenvalue weighted by Gasteiger charge is -2.20. The Kier molecular flexibility index (Phi) is 3.35. The van der Waals surface area contributed by atoms with Gasteiger partial charge < -0.3 is 4.74 Å². The van der Waals surface area contributed by atoms with Crippen molar-refractivity contribution in [3.05, 3.63) is 0 Å². The molecule has 0 radical (unpaired) electrons. The van der Waals surface area contributed by atoms with Crippen LogP contribution in [0.3, 0.4) is 0 Å². The summed E-state index contributed by atoms with van der Waals surface area (Å²) < 4.78 is 16.4. The molecule has 0 bridgehead atoms. The zero-order chi connectivity index (χ0) is 7.40. The van der Waals surface area contributed by atoms with Crippen LogP contribution in [0.4, 0.5) is 0 Å². The summed E-state index contributed by atoms with van der Waals surface area (Å²) in [4.78, 5) is 0. The third kappa shape index (κ3) is 2.06. The van der Waals surface area contributed by atoms with Gasteiger partial charge in [-0.2, -0.15) is 0 Å². The minimum atomic E-state index is -0.593. The Hall–Kier alpha value is 0.110. The van der Waals surface area contributed by atoms with Crippen LogP contribution in [-0.4, -0.2) is 28.4 Å². The molecule has 0 aromatic carbocycles. The average Bonchev–Trinajstić information content (AvgIpc) is 2.05. The van der Waals surface area contributed by atoms with Crippen molar-refractivity contribution >= 4 is 10.8 Å². The minimum absolute atomic E-state index is 0.416. The molecule has 0 amide bonds. The molecule has 60 valence electrons. The summed E-state index contributed by atoms with van der Waals surface area (Å²) in [6.45, 7) is 3.58. The summed E-state index contributed by atoms with van der Waals surface area (Å²) in [5.41, 5.74) is 0. The molecule has 1 unspecified atom stereocenters. The zero-order valence-corrected chi connectivity index (χ0v) is 7.15. The van der Waals surface area contributed by atoms with Crippen molar-refractivity contribution < 1.29 is 8.95 Å². The molecule has 0 saturated carbocycles. The Bertz CT molecular complexity index is 119. The summed E-state index contributed by atoms with van der Waals surface area (Å²) >= 11 is 0. The Morgan fingerprint density at radius 1 is 1.50 bits per heavy atom. The standard InChI is InChI=1S/C7H14O2S/c1-2-10(8)7-3-5-9-6-4-7/h7H,2-6H2,1H3. The van der Waals surface area contributed by atoms with E-state index in [9.17, 15) is 4.21 Å². The van der Waals surface area contributed by atoms with Gasteiger partial charge in [0.15, 0.2) is 0 Å². The van der Waals surface area contributed by atoms with Gasteiger partial charge in [0.05, 0.1) is 0 Å². The molecule has 1 atom stereocenters. The van der Waals surface area contributed by atoms with Gasteiger partial charge in [-0.3, -0.25) is 4.21 Å². The molecule has 0 N–H and O–H groups in total. The van der Waals surface area contributed by atoms with E-state index in [0.717, 1.165) is 31.8 Å². The van der Waals surface area contributed by atoms with E-state index in [1.807, 2.05) is 6.92 Å². The second-order valence-electron chi connectivity index (χ2n) is 2.48. The monoisotopic (exact) mass is 162 g/mol. The molecule has 3 heteroatoms. The maximum atomic E-state index is 11.2. The van der Waals surface area contributed by atoms with Gasteiger partial charge in [0, 0.05) is 35.0 Å². The van der Waals surface area contributed by atoms with Crippen LogP contribution in [0.25, 0.3) is 0 Å². The van der Waals surface area contributed by atoms with Crippen molar-refractivity contribution in [3.8, 4) is 0 Å². The van der Waals surface area contributed by atoms with Crippen LogP contribution in [0.1, 0.15) is 19.8 Å². The first-order valence-corrected chi connectivity index (χ1v) is 5.17. The summed E-state index contributed by atoms with van der Waals surface area (Å²) in [5, 5.41) is 0.416. The van der Waals surface area contributed by atoms with Crippen LogP contribution in [0.15, 0.2) is 0 Å². The van der Waals surface area contributed by atoms with Crippen molar-refractivity contribution in [2.45, 2.75) is 25.0 Å². The van der Waals surface area contributed by atoms with Crippen LogP contribution in [0, 0.1) is 0 Å². The second kappa shape index (κ2) is 4.09. The van der Waals surface area contributed by atoms with Gasteiger partial charge in [0.1, 0.15) is 0 Å².